The fourth-order valence-electron chi connectivity index (χ4n) is 2.42. The van der Waals surface area contributed by atoms with Crippen LogP contribution in [0.2, 0.25) is 0 Å². The lowest BCUT2D eigenvalue weighted by molar-refractivity contribution is 0.0690. The summed E-state index contributed by atoms with van der Waals surface area (Å²) in [4.78, 5) is 24.1. The molecular weight excluding hydrogens is 256 g/mol. The summed E-state index contributed by atoms with van der Waals surface area (Å²) in [6.07, 6.45) is 1.14. The van der Waals surface area contributed by atoms with Crippen LogP contribution >= 0.6 is 0 Å². The summed E-state index contributed by atoms with van der Waals surface area (Å²) in [6, 6.07) is 2.09. The van der Waals surface area contributed by atoms with Crippen molar-refractivity contribution >= 4 is 11.9 Å². The quantitative estimate of drug-likeness (QED) is 0.898. The molecule has 0 spiro atoms. The summed E-state index contributed by atoms with van der Waals surface area (Å²) in [5.41, 5.74) is 0.758. The lowest BCUT2D eigenvalue weighted by atomic mass is 10.2. The van der Waals surface area contributed by atoms with Crippen LogP contribution in [0.25, 0.3) is 0 Å². The van der Waals surface area contributed by atoms with Gasteiger partial charge in [0.25, 0.3) is 0 Å². The van der Waals surface area contributed by atoms with Gasteiger partial charge in [-0.15, -0.1) is 0 Å². The number of piperazine rings is 1. The van der Waals surface area contributed by atoms with Gasteiger partial charge in [0.1, 0.15) is 0 Å². The van der Waals surface area contributed by atoms with Gasteiger partial charge >= 0.3 is 5.97 Å². The summed E-state index contributed by atoms with van der Waals surface area (Å²) in [5.74, 6) is -0.471. The fourth-order valence-corrected chi connectivity index (χ4v) is 2.42. The largest absolute Gasteiger partial charge is 0.477 e. The van der Waals surface area contributed by atoms with Gasteiger partial charge in [-0.3, -0.25) is 4.90 Å². The first-order chi connectivity index (χ1) is 9.51. The number of hydrogen-bond acceptors (Lipinski definition) is 5. The van der Waals surface area contributed by atoms with E-state index in [0.717, 1.165) is 32.6 Å². The van der Waals surface area contributed by atoms with E-state index >= 15 is 0 Å². The molecule has 6 nitrogen and oxygen atoms in total. The molecule has 20 heavy (non-hydrogen) atoms. The number of anilines is 1. The molecular formula is C14H22N4O2. The zero-order chi connectivity index (χ0) is 14.7. The third kappa shape index (κ3) is 3.25. The van der Waals surface area contributed by atoms with Gasteiger partial charge < -0.3 is 10.0 Å². The van der Waals surface area contributed by atoms with E-state index in [9.17, 15) is 4.79 Å². The lowest BCUT2D eigenvalue weighted by Gasteiger charge is -2.37. The molecule has 6 heteroatoms. The normalized spacial score (nSPS) is 18.1. The Morgan fingerprint density at radius 1 is 1.35 bits per heavy atom. The third-order valence-corrected chi connectivity index (χ3v) is 3.87. The van der Waals surface area contributed by atoms with Crippen LogP contribution in [0.4, 0.5) is 5.95 Å². The molecule has 1 atom stereocenters. The molecule has 110 valence electrons. The minimum absolute atomic E-state index is 0.0665. The highest BCUT2D eigenvalue weighted by Gasteiger charge is 2.22. The van der Waals surface area contributed by atoms with Crippen molar-refractivity contribution in [1.29, 1.82) is 0 Å². The van der Waals surface area contributed by atoms with Crippen molar-refractivity contribution in [3.63, 3.8) is 0 Å². The molecule has 0 radical (unpaired) electrons. The second kappa shape index (κ2) is 6.17. The second-order valence-electron chi connectivity index (χ2n) is 5.28. The zero-order valence-electron chi connectivity index (χ0n) is 12.3. The maximum atomic E-state index is 11.1. The van der Waals surface area contributed by atoms with Crippen molar-refractivity contribution in [2.75, 3.05) is 31.1 Å². The van der Waals surface area contributed by atoms with Crippen molar-refractivity contribution in [2.45, 2.75) is 33.2 Å². The molecule has 1 aliphatic rings. The van der Waals surface area contributed by atoms with Crippen molar-refractivity contribution < 1.29 is 9.90 Å². The van der Waals surface area contributed by atoms with Gasteiger partial charge in [0.2, 0.25) is 5.95 Å². The number of hydrogen-bond donors (Lipinski definition) is 1. The Bertz CT molecular complexity index is 484. The van der Waals surface area contributed by atoms with Crippen molar-refractivity contribution in [2.24, 2.45) is 0 Å². The predicted octanol–water partition coefficient (Wildman–Crippen LogP) is 1.40. The molecule has 0 saturated carbocycles. The molecule has 1 fully saturated rings. The number of aromatic nitrogens is 2. The SMILES string of the molecule is CCC(C)N1CCN(c2nc(C)cc(C(=O)O)n2)CC1. The van der Waals surface area contributed by atoms with Crippen LogP contribution in [0.1, 0.15) is 36.5 Å². The molecule has 1 N–H and O–H groups in total. The molecule has 2 rings (SSSR count). The summed E-state index contributed by atoms with van der Waals surface area (Å²) in [7, 11) is 0. The molecule has 0 bridgehead atoms. The Balaban J connectivity index is 2.09. The minimum atomic E-state index is -1.00. The number of carbonyl (C=O) groups is 1. The molecule has 1 aliphatic heterocycles. The highest BCUT2D eigenvalue weighted by atomic mass is 16.4. The number of carboxylic acid groups (broad SMARTS) is 1. The highest BCUT2D eigenvalue weighted by molar-refractivity contribution is 5.85. The van der Waals surface area contributed by atoms with Gasteiger partial charge in [0, 0.05) is 37.9 Å². The summed E-state index contributed by atoms with van der Waals surface area (Å²) < 4.78 is 0. The summed E-state index contributed by atoms with van der Waals surface area (Å²) in [6.45, 7) is 9.84. The third-order valence-electron chi connectivity index (χ3n) is 3.87. The first-order valence-corrected chi connectivity index (χ1v) is 7.09. The van der Waals surface area contributed by atoms with Crippen LogP contribution in [0.15, 0.2) is 6.07 Å². The van der Waals surface area contributed by atoms with Crippen molar-refractivity contribution in [3.05, 3.63) is 17.5 Å². The Hall–Kier alpha value is -1.69. The van der Waals surface area contributed by atoms with Gasteiger partial charge in [0.15, 0.2) is 5.69 Å². The smallest absolute Gasteiger partial charge is 0.354 e. The van der Waals surface area contributed by atoms with Gasteiger partial charge in [-0.05, 0) is 26.3 Å². The molecule has 1 aromatic rings. The van der Waals surface area contributed by atoms with Crippen LogP contribution in [0.3, 0.4) is 0 Å². The molecule has 1 aromatic heterocycles. The van der Waals surface area contributed by atoms with E-state index in [4.69, 9.17) is 5.11 Å². The van der Waals surface area contributed by atoms with Crippen molar-refractivity contribution in [3.8, 4) is 0 Å². The van der Waals surface area contributed by atoms with Gasteiger partial charge in [0.05, 0.1) is 0 Å². The number of rotatable bonds is 4. The average molecular weight is 278 g/mol. The van der Waals surface area contributed by atoms with E-state index in [0.29, 0.717) is 17.7 Å². The molecule has 1 unspecified atom stereocenters. The number of aryl methyl sites for hydroxylation is 1. The second-order valence-corrected chi connectivity index (χ2v) is 5.28. The van der Waals surface area contributed by atoms with E-state index in [1.165, 1.54) is 6.07 Å². The summed E-state index contributed by atoms with van der Waals surface area (Å²) >= 11 is 0. The zero-order valence-corrected chi connectivity index (χ0v) is 12.3. The Kier molecular flexibility index (Phi) is 4.54. The molecule has 0 aromatic carbocycles. The number of nitrogens with zero attached hydrogens (tertiary/aromatic N) is 4. The van der Waals surface area contributed by atoms with Crippen LogP contribution < -0.4 is 4.90 Å². The van der Waals surface area contributed by atoms with E-state index in [1.54, 1.807) is 6.92 Å². The standard InChI is InChI=1S/C14H22N4O2/c1-4-11(3)17-5-7-18(8-6-17)14-15-10(2)9-12(16-14)13(19)20/h9,11H,4-8H2,1-3H3,(H,19,20). The van der Waals surface area contributed by atoms with E-state index in [2.05, 4.69) is 33.6 Å². The first-order valence-electron chi connectivity index (χ1n) is 7.09. The van der Waals surface area contributed by atoms with Crippen LogP contribution in [-0.2, 0) is 0 Å². The fraction of sp³-hybridized carbons (Fsp3) is 0.643. The van der Waals surface area contributed by atoms with Gasteiger partial charge in [-0.25, -0.2) is 14.8 Å². The van der Waals surface area contributed by atoms with Crippen LogP contribution in [0.5, 0.6) is 0 Å². The predicted molar refractivity (Wildman–Crippen MR) is 77.3 cm³/mol. The lowest BCUT2D eigenvalue weighted by Crippen LogP contribution is -2.50. The number of carboxylic acids is 1. The topological polar surface area (TPSA) is 69.6 Å². The Morgan fingerprint density at radius 2 is 2.00 bits per heavy atom. The van der Waals surface area contributed by atoms with Crippen LogP contribution in [0, 0.1) is 6.92 Å². The van der Waals surface area contributed by atoms with Crippen molar-refractivity contribution in [1.82, 2.24) is 14.9 Å². The van der Waals surface area contributed by atoms with Gasteiger partial charge in [-0.1, -0.05) is 6.92 Å². The van der Waals surface area contributed by atoms with E-state index in [1.807, 2.05) is 0 Å². The minimum Gasteiger partial charge on any atom is -0.477 e. The molecule has 2 heterocycles. The Labute approximate surface area is 119 Å². The summed E-state index contributed by atoms with van der Waals surface area (Å²) in [5, 5.41) is 9.06. The Morgan fingerprint density at radius 3 is 2.55 bits per heavy atom. The monoisotopic (exact) mass is 278 g/mol. The highest BCUT2D eigenvalue weighted by Crippen LogP contribution is 2.15. The number of aromatic carboxylic acids is 1. The van der Waals surface area contributed by atoms with E-state index in [-0.39, 0.29) is 5.69 Å². The average Bonchev–Trinajstić information content (AvgIpc) is 2.46. The van der Waals surface area contributed by atoms with E-state index < -0.39 is 5.97 Å². The first kappa shape index (κ1) is 14.7. The maximum absolute atomic E-state index is 11.1. The molecule has 0 aliphatic carbocycles. The maximum Gasteiger partial charge on any atom is 0.354 e. The van der Waals surface area contributed by atoms with Crippen LogP contribution in [-0.4, -0.2) is 58.2 Å². The van der Waals surface area contributed by atoms with Gasteiger partial charge in [-0.2, -0.15) is 0 Å². The molecule has 0 amide bonds. The molecule has 1 saturated heterocycles.